The van der Waals surface area contributed by atoms with Crippen LogP contribution in [0.1, 0.15) is 37.8 Å². The Morgan fingerprint density at radius 1 is 1.40 bits per heavy atom. The summed E-state index contributed by atoms with van der Waals surface area (Å²) < 4.78 is 27.4. The molecule has 0 saturated carbocycles. The number of benzene rings is 1. The average molecular weight is 364 g/mol. The zero-order valence-electron chi connectivity index (χ0n) is 12.4. The molecule has 1 rings (SSSR count). The summed E-state index contributed by atoms with van der Waals surface area (Å²) in [5, 5.41) is 9.25. The molecule has 1 aromatic rings. The van der Waals surface area contributed by atoms with Gasteiger partial charge in [0.15, 0.2) is 0 Å². The monoisotopic (exact) mass is 363 g/mol. The molecule has 1 unspecified atom stereocenters. The molecule has 0 aliphatic heterocycles. The fraction of sp³-hybridized carbons (Fsp3) is 0.571. The van der Waals surface area contributed by atoms with Gasteiger partial charge in [0.05, 0.1) is 11.5 Å². The Morgan fingerprint density at radius 3 is 2.50 bits per heavy atom. The van der Waals surface area contributed by atoms with E-state index in [1.54, 1.807) is 13.1 Å². The zero-order chi connectivity index (χ0) is 15.5. The number of rotatable bonds is 6. The quantitative estimate of drug-likeness (QED) is 0.844. The number of sulfonamides is 1. The van der Waals surface area contributed by atoms with Gasteiger partial charge in [-0.3, -0.25) is 0 Å². The molecular formula is C14H22BrNO3S. The van der Waals surface area contributed by atoms with E-state index in [0.717, 1.165) is 18.4 Å². The number of aliphatic hydroxyl groups is 1. The standard InChI is InChI=1S/C14H22BrNO3S/c1-5-6-11(3)16(4)20(18,19)13-8-12(9-17)7-10(2)14(13)15/h7-8,11,17H,5-6,9H2,1-4H3. The molecule has 1 atom stereocenters. The first-order valence-electron chi connectivity index (χ1n) is 6.63. The summed E-state index contributed by atoms with van der Waals surface area (Å²) in [6.45, 7) is 5.57. The molecule has 1 aromatic carbocycles. The topological polar surface area (TPSA) is 57.6 Å². The van der Waals surface area contributed by atoms with Crippen molar-refractivity contribution in [2.24, 2.45) is 0 Å². The highest BCUT2D eigenvalue weighted by atomic mass is 79.9. The van der Waals surface area contributed by atoms with Gasteiger partial charge in [-0.1, -0.05) is 19.4 Å². The molecule has 6 heteroatoms. The zero-order valence-corrected chi connectivity index (χ0v) is 14.8. The van der Waals surface area contributed by atoms with Crippen molar-refractivity contribution in [3.63, 3.8) is 0 Å². The van der Waals surface area contributed by atoms with Gasteiger partial charge in [-0.25, -0.2) is 8.42 Å². The Balaban J connectivity index is 3.31. The van der Waals surface area contributed by atoms with Gasteiger partial charge in [0.1, 0.15) is 0 Å². The van der Waals surface area contributed by atoms with Gasteiger partial charge in [0.25, 0.3) is 0 Å². The van der Waals surface area contributed by atoms with Gasteiger partial charge in [0.2, 0.25) is 10.0 Å². The summed E-state index contributed by atoms with van der Waals surface area (Å²) in [6, 6.07) is 3.25. The van der Waals surface area contributed by atoms with Gasteiger partial charge in [0, 0.05) is 17.6 Å². The highest BCUT2D eigenvalue weighted by Gasteiger charge is 2.27. The molecule has 0 heterocycles. The van der Waals surface area contributed by atoms with Crippen LogP contribution in [0.15, 0.2) is 21.5 Å². The lowest BCUT2D eigenvalue weighted by Gasteiger charge is -2.25. The van der Waals surface area contributed by atoms with Crippen molar-refractivity contribution in [3.8, 4) is 0 Å². The largest absolute Gasteiger partial charge is 0.392 e. The van der Waals surface area contributed by atoms with Crippen LogP contribution >= 0.6 is 15.9 Å². The molecule has 4 nitrogen and oxygen atoms in total. The molecule has 0 radical (unpaired) electrons. The lowest BCUT2D eigenvalue weighted by atomic mass is 10.1. The molecule has 0 amide bonds. The second kappa shape index (κ2) is 7.02. The molecule has 0 spiro atoms. The lowest BCUT2D eigenvalue weighted by Crippen LogP contribution is -2.35. The minimum Gasteiger partial charge on any atom is -0.392 e. The van der Waals surface area contributed by atoms with Crippen LogP contribution in [0.4, 0.5) is 0 Å². The maximum atomic E-state index is 12.7. The minimum atomic E-state index is -3.57. The Labute approximate surface area is 130 Å². The molecular weight excluding hydrogens is 342 g/mol. The predicted octanol–water partition coefficient (Wildman–Crippen LogP) is 3.06. The minimum absolute atomic E-state index is 0.0602. The van der Waals surface area contributed by atoms with Gasteiger partial charge in [-0.15, -0.1) is 0 Å². The van der Waals surface area contributed by atoms with Gasteiger partial charge < -0.3 is 5.11 Å². The highest BCUT2D eigenvalue weighted by molar-refractivity contribution is 9.10. The van der Waals surface area contributed by atoms with E-state index >= 15 is 0 Å². The van der Waals surface area contributed by atoms with Crippen LogP contribution in [0.2, 0.25) is 0 Å². The smallest absolute Gasteiger partial charge is 0.244 e. The molecule has 114 valence electrons. The van der Waals surface area contributed by atoms with E-state index in [-0.39, 0.29) is 17.5 Å². The molecule has 0 aliphatic rings. The third kappa shape index (κ3) is 3.61. The van der Waals surface area contributed by atoms with Crippen molar-refractivity contribution in [2.75, 3.05) is 7.05 Å². The van der Waals surface area contributed by atoms with Crippen molar-refractivity contribution < 1.29 is 13.5 Å². The van der Waals surface area contributed by atoms with Crippen molar-refractivity contribution >= 4 is 26.0 Å². The number of halogens is 1. The SMILES string of the molecule is CCCC(C)N(C)S(=O)(=O)c1cc(CO)cc(C)c1Br. The summed E-state index contributed by atoms with van der Waals surface area (Å²) in [5.41, 5.74) is 1.40. The first-order chi connectivity index (χ1) is 9.25. The summed E-state index contributed by atoms with van der Waals surface area (Å²) >= 11 is 3.35. The third-order valence-electron chi connectivity index (χ3n) is 3.45. The average Bonchev–Trinajstić information content (AvgIpc) is 2.40. The molecule has 0 fully saturated rings. The van der Waals surface area contributed by atoms with Crippen molar-refractivity contribution in [3.05, 3.63) is 27.7 Å². The van der Waals surface area contributed by atoms with Gasteiger partial charge >= 0.3 is 0 Å². The van der Waals surface area contributed by atoms with E-state index in [0.29, 0.717) is 10.0 Å². The molecule has 0 bridgehead atoms. The van der Waals surface area contributed by atoms with E-state index in [1.807, 2.05) is 20.8 Å². The predicted molar refractivity (Wildman–Crippen MR) is 84.1 cm³/mol. The third-order valence-corrected chi connectivity index (χ3v) is 6.76. The number of hydrogen-bond donors (Lipinski definition) is 1. The number of aryl methyl sites for hydroxylation is 1. The summed E-state index contributed by atoms with van der Waals surface area (Å²) in [7, 11) is -1.97. The normalized spacial score (nSPS) is 13.8. The first kappa shape index (κ1) is 17.6. The Morgan fingerprint density at radius 2 is 2.00 bits per heavy atom. The van der Waals surface area contributed by atoms with Crippen molar-refractivity contribution in [2.45, 2.75) is 51.2 Å². The Bertz CT molecular complexity index is 572. The van der Waals surface area contributed by atoms with Crippen molar-refractivity contribution in [1.29, 1.82) is 0 Å². The van der Waals surface area contributed by atoms with E-state index < -0.39 is 10.0 Å². The molecule has 20 heavy (non-hydrogen) atoms. The second-order valence-corrected chi connectivity index (χ2v) is 7.80. The van der Waals surface area contributed by atoms with E-state index in [1.165, 1.54) is 10.4 Å². The van der Waals surface area contributed by atoms with Crippen LogP contribution in [0, 0.1) is 6.92 Å². The van der Waals surface area contributed by atoms with Crippen LogP contribution in [0.25, 0.3) is 0 Å². The first-order valence-corrected chi connectivity index (χ1v) is 8.86. The molecule has 0 saturated heterocycles. The molecule has 0 aliphatic carbocycles. The van der Waals surface area contributed by atoms with Crippen molar-refractivity contribution in [1.82, 2.24) is 4.31 Å². The maximum absolute atomic E-state index is 12.7. The van der Waals surface area contributed by atoms with Crippen LogP contribution in [-0.2, 0) is 16.6 Å². The van der Waals surface area contributed by atoms with E-state index in [2.05, 4.69) is 15.9 Å². The van der Waals surface area contributed by atoms with Crippen LogP contribution in [-0.4, -0.2) is 30.9 Å². The number of nitrogens with zero attached hydrogens (tertiary/aromatic N) is 1. The fourth-order valence-electron chi connectivity index (χ4n) is 2.08. The number of hydrogen-bond acceptors (Lipinski definition) is 3. The highest BCUT2D eigenvalue weighted by Crippen LogP contribution is 2.30. The molecule has 1 N–H and O–H groups in total. The Hall–Kier alpha value is -0.430. The van der Waals surface area contributed by atoms with Gasteiger partial charge in [-0.05, 0) is 53.4 Å². The van der Waals surface area contributed by atoms with E-state index in [9.17, 15) is 13.5 Å². The summed E-state index contributed by atoms with van der Waals surface area (Å²) in [4.78, 5) is 0.215. The second-order valence-electron chi connectivity index (χ2n) is 5.04. The summed E-state index contributed by atoms with van der Waals surface area (Å²) in [6.07, 6.45) is 1.74. The van der Waals surface area contributed by atoms with E-state index in [4.69, 9.17) is 0 Å². The fourth-order valence-corrected chi connectivity index (χ4v) is 4.50. The van der Waals surface area contributed by atoms with Crippen LogP contribution in [0.5, 0.6) is 0 Å². The Kier molecular flexibility index (Phi) is 6.19. The summed E-state index contributed by atoms with van der Waals surface area (Å²) in [5.74, 6) is 0. The molecule has 0 aromatic heterocycles. The maximum Gasteiger partial charge on any atom is 0.244 e. The van der Waals surface area contributed by atoms with Crippen LogP contribution < -0.4 is 0 Å². The van der Waals surface area contributed by atoms with Crippen LogP contribution in [0.3, 0.4) is 0 Å². The lowest BCUT2D eigenvalue weighted by molar-refractivity contribution is 0.281. The number of aliphatic hydroxyl groups excluding tert-OH is 1. The van der Waals surface area contributed by atoms with Gasteiger partial charge in [-0.2, -0.15) is 4.31 Å².